The number of anilines is 1. The molecule has 0 fully saturated rings. The lowest BCUT2D eigenvalue weighted by Gasteiger charge is -2.05. The molecule has 18 heavy (non-hydrogen) atoms. The van der Waals surface area contributed by atoms with E-state index >= 15 is 0 Å². The van der Waals surface area contributed by atoms with Crippen LogP contribution in [0.4, 0.5) is 10.1 Å². The Morgan fingerprint density at radius 3 is 2.94 bits per heavy atom. The molecule has 0 aliphatic rings. The molecule has 0 amide bonds. The van der Waals surface area contributed by atoms with Crippen molar-refractivity contribution in [2.24, 2.45) is 0 Å². The summed E-state index contributed by atoms with van der Waals surface area (Å²) in [6.07, 6.45) is 2.55. The number of aromatic nitrogens is 3. The van der Waals surface area contributed by atoms with E-state index in [1.807, 2.05) is 4.68 Å². The first kappa shape index (κ1) is 12.9. The lowest BCUT2D eigenvalue weighted by molar-refractivity contribution is 0.581. The van der Waals surface area contributed by atoms with Crippen LogP contribution >= 0.6 is 11.8 Å². The van der Waals surface area contributed by atoms with E-state index in [4.69, 9.17) is 5.73 Å². The average molecular weight is 266 g/mol. The van der Waals surface area contributed by atoms with Crippen molar-refractivity contribution in [3.05, 3.63) is 36.2 Å². The standard InChI is InChI=1S/C12H15FN4S/c1-2-3-17-12(15-8-16-17)7-18-11-5-9(13)4-10(14)6-11/h4-6,8H,2-3,7,14H2,1H3. The van der Waals surface area contributed by atoms with Gasteiger partial charge in [0.2, 0.25) is 0 Å². The maximum Gasteiger partial charge on any atom is 0.138 e. The second-order valence-electron chi connectivity index (χ2n) is 3.91. The molecule has 6 heteroatoms. The van der Waals surface area contributed by atoms with Crippen molar-refractivity contribution in [2.75, 3.05) is 5.73 Å². The molecule has 0 aliphatic heterocycles. The molecule has 96 valence electrons. The Morgan fingerprint density at radius 2 is 2.22 bits per heavy atom. The predicted octanol–water partition coefficient (Wildman–Crippen LogP) is 2.70. The van der Waals surface area contributed by atoms with Crippen LogP contribution in [-0.4, -0.2) is 14.8 Å². The van der Waals surface area contributed by atoms with Gasteiger partial charge in [-0.05, 0) is 24.6 Å². The first-order valence-electron chi connectivity index (χ1n) is 5.74. The maximum absolute atomic E-state index is 13.2. The van der Waals surface area contributed by atoms with E-state index in [0.29, 0.717) is 11.4 Å². The molecular weight excluding hydrogens is 251 g/mol. The summed E-state index contributed by atoms with van der Waals surface area (Å²) in [7, 11) is 0. The van der Waals surface area contributed by atoms with Gasteiger partial charge >= 0.3 is 0 Å². The number of halogens is 1. The van der Waals surface area contributed by atoms with Crippen LogP contribution in [0.25, 0.3) is 0 Å². The van der Waals surface area contributed by atoms with Gasteiger partial charge in [0.25, 0.3) is 0 Å². The van der Waals surface area contributed by atoms with Crippen LogP contribution < -0.4 is 5.73 Å². The fraction of sp³-hybridized carbons (Fsp3) is 0.333. The summed E-state index contributed by atoms with van der Waals surface area (Å²) in [5.41, 5.74) is 6.04. The summed E-state index contributed by atoms with van der Waals surface area (Å²) in [4.78, 5) is 5.00. The number of nitrogens with zero attached hydrogens (tertiary/aromatic N) is 3. The summed E-state index contributed by atoms with van der Waals surface area (Å²) < 4.78 is 15.0. The van der Waals surface area contributed by atoms with Gasteiger partial charge in [-0.2, -0.15) is 5.10 Å². The molecular formula is C12H15FN4S. The van der Waals surface area contributed by atoms with E-state index in [1.165, 1.54) is 23.9 Å². The van der Waals surface area contributed by atoms with Gasteiger partial charge in [-0.25, -0.2) is 14.1 Å². The van der Waals surface area contributed by atoms with E-state index < -0.39 is 0 Å². The Morgan fingerprint density at radius 1 is 1.39 bits per heavy atom. The third kappa shape index (κ3) is 3.22. The van der Waals surface area contributed by atoms with Crippen molar-refractivity contribution in [1.82, 2.24) is 14.8 Å². The van der Waals surface area contributed by atoms with Crippen LogP contribution in [0.3, 0.4) is 0 Å². The Hall–Kier alpha value is -1.56. The minimum absolute atomic E-state index is 0.312. The summed E-state index contributed by atoms with van der Waals surface area (Å²) in [5.74, 6) is 1.24. The van der Waals surface area contributed by atoms with Crippen molar-refractivity contribution in [1.29, 1.82) is 0 Å². The van der Waals surface area contributed by atoms with Crippen LogP contribution in [0.5, 0.6) is 0 Å². The third-order valence-corrected chi connectivity index (χ3v) is 3.36. The first-order valence-corrected chi connectivity index (χ1v) is 6.73. The van der Waals surface area contributed by atoms with Gasteiger partial charge in [0.1, 0.15) is 18.0 Å². The summed E-state index contributed by atoms with van der Waals surface area (Å²) in [6, 6.07) is 4.54. The Balaban J connectivity index is 2.04. The first-order chi connectivity index (χ1) is 8.69. The van der Waals surface area contributed by atoms with E-state index in [-0.39, 0.29) is 5.82 Å². The zero-order chi connectivity index (χ0) is 13.0. The molecule has 2 rings (SSSR count). The predicted molar refractivity (Wildman–Crippen MR) is 70.7 cm³/mol. The van der Waals surface area contributed by atoms with Crippen molar-refractivity contribution < 1.29 is 4.39 Å². The number of thioether (sulfide) groups is 1. The molecule has 1 aromatic heterocycles. The molecule has 1 heterocycles. The maximum atomic E-state index is 13.2. The summed E-state index contributed by atoms with van der Waals surface area (Å²) >= 11 is 1.50. The fourth-order valence-electron chi connectivity index (χ4n) is 1.61. The van der Waals surface area contributed by atoms with Gasteiger partial charge in [0.05, 0.1) is 5.75 Å². The summed E-state index contributed by atoms with van der Waals surface area (Å²) in [6.45, 7) is 2.94. The number of hydrogen-bond acceptors (Lipinski definition) is 4. The number of nitrogens with two attached hydrogens (primary N) is 1. The smallest absolute Gasteiger partial charge is 0.138 e. The minimum Gasteiger partial charge on any atom is -0.399 e. The van der Waals surface area contributed by atoms with Crippen molar-refractivity contribution >= 4 is 17.4 Å². The number of benzene rings is 1. The zero-order valence-electron chi connectivity index (χ0n) is 10.1. The second kappa shape index (κ2) is 5.86. The molecule has 0 radical (unpaired) electrons. The molecule has 0 aliphatic carbocycles. The number of aryl methyl sites for hydroxylation is 1. The van der Waals surface area contributed by atoms with E-state index in [2.05, 4.69) is 17.0 Å². The van der Waals surface area contributed by atoms with Gasteiger partial charge in [-0.1, -0.05) is 6.92 Å². The molecule has 0 atom stereocenters. The monoisotopic (exact) mass is 266 g/mol. The average Bonchev–Trinajstić information content (AvgIpc) is 2.73. The highest BCUT2D eigenvalue weighted by molar-refractivity contribution is 7.98. The second-order valence-corrected chi connectivity index (χ2v) is 4.96. The highest BCUT2D eigenvalue weighted by Gasteiger charge is 2.05. The third-order valence-electron chi connectivity index (χ3n) is 2.39. The van der Waals surface area contributed by atoms with Crippen LogP contribution in [0.1, 0.15) is 19.2 Å². The Labute approximate surface area is 109 Å². The number of hydrogen-bond donors (Lipinski definition) is 1. The highest BCUT2D eigenvalue weighted by Crippen LogP contribution is 2.24. The van der Waals surface area contributed by atoms with E-state index in [1.54, 1.807) is 12.4 Å². The minimum atomic E-state index is -0.312. The van der Waals surface area contributed by atoms with E-state index in [0.717, 1.165) is 23.7 Å². The van der Waals surface area contributed by atoms with Gasteiger partial charge in [-0.3, -0.25) is 0 Å². The van der Waals surface area contributed by atoms with Crippen LogP contribution in [0, 0.1) is 5.82 Å². The molecule has 0 bridgehead atoms. The van der Waals surface area contributed by atoms with Gasteiger partial charge < -0.3 is 5.73 Å². The molecule has 0 saturated carbocycles. The molecule has 0 saturated heterocycles. The molecule has 2 aromatic rings. The molecule has 0 unspecified atom stereocenters. The lowest BCUT2D eigenvalue weighted by atomic mass is 10.3. The van der Waals surface area contributed by atoms with Gasteiger partial charge in [0, 0.05) is 17.1 Å². The Bertz CT molecular complexity index is 506. The topological polar surface area (TPSA) is 56.7 Å². The van der Waals surface area contributed by atoms with Crippen molar-refractivity contribution in [3.63, 3.8) is 0 Å². The van der Waals surface area contributed by atoms with Crippen molar-refractivity contribution in [2.45, 2.75) is 30.5 Å². The fourth-order valence-corrected chi connectivity index (χ4v) is 2.55. The molecule has 1 aromatic carbocycles. The van der Waals surface area contributed by atoms with Crippen LogP contribution in [-0.2, 0) is 12.3 Å². The SMILES string of the molecule is CCCn1ncnc1CSc1cc(N)cc(F)c1. The highest BCUT2D eigenvalue weighted by atomic mass is 32.2. The quantitative estimate of drug-likeness (QED) is 0.668. The number of rotatable bonds is 5. The van der Waals surface area contributed by atoms with E-state index in [9.17, 15) is 4.39 Å². The molecule has 2 N–H and O–H groups in total. The molecule has 0 spiro atoms. The lowest BCUT2D eigenvalue weighted by Crippen LogP contribution is -2.04. The Kier molecular flexibility index (Phi) is 4.19. The summed E-state index contributed by atoms with van der Waals surface area (Å²) in [5, 5.41) is 4.15. The van der Waals surface area contributed by atoms with Gasteiger partial charge in [-0.15, -0.1) is 11.8 Å². The van der Waals surface area contributed by atoms with Crippen molar-refractivity contribution in [3.8, 4) is 0 Å². The van der Waals surface area contributed by atoms with Crippen LogP contribution in [0.2, 0.25) is 0 Å². The van der Waals surface area contributed by atoms with Gasteiger partial charge in [0.15, 0.2) is 0 Å². The number of nitrogen functional groups attached to an aromatic ring is 1. The normalized spacial score (nSPS) is 10.8. The van der Waals surface area contributed by atoms with Crippen LogP contribution in [0.15, 0.2) is 29.4 Å². The zero-order valence-corrected chi connectivity index (χ0v) is 11.0. The molecule has 4 nitrogen and oxygen atoms in total. The largest absolute Gasteiger partial charge is 0.399 e.